The van der Waals surface area contributed by atoms with E-state index in [0.29, 0.717) is 44.9 Å². The Balaban J connectivity index is 1.42. The number of aryl methyl sites for hydroxylation is 1. The number of nitrogens with zero attached hydrogens (tertiary/aromatic N) is 4. The van der Waals surface area contributed by atoms with Gasteiger partial charge in [-0.1, -0.05) is 18.7 Å². The van der Waals surface area contributed by atoms with Gasteiger partial charge in [0.25, 0.3) is 5.56 Å². The van der Waals surface area contributed by atoms with Crippen LogP contribution in [0, 0.1) is 18.8 Å². The van der Waals surface area contributed by atoms with E-state index >= 15 is 0 Å². The van der Waals surface area contributed by atoms with E-state index in [-0.39, 0.29) is 29.2 Å². The molecule has 0 spiro atoms. The van der Waals surface area contributed by atoms with E-state index in [9.17, 15) is 14.4 Å². The molecule has 146 valence electrons. The van der Waals surface area contributed by atoms with Crippen LogP contribution in [0.1, 0.15) is 31.0 Å². The Bertz CT molecular complexity index is 825. The second-order valence-corrected chi connectivity index (χ2v) is 8.65. The van der Waals surface area contributed by atoms with Crippen molar-refractivity contribution in [2.24, 2.45) is 11.8 Å². The van der Waals surface area contributed by atoms with Crippen molar-refractivity contribution in [3.8, 4) is 0 Å². The number of piperazine rings is 1. The van der Waals surface area contributed by atoms with Crippen molar-refractivity contribution < 1.29 is 9.59 Å². The molecule has 0 bridgehead atoms. The Morgan fingerprint density at radius 1 is 1.07 bits per heavy atom. The minimum atomic E-state index is -0.208. The van der Waals surface area contributed by atoms with Crippen LogP contribution in [-0.4, -0.2) is 63.1 Å². The van der Waals surface area contributed by atoms with Crippen LogP contribution in [0.4, 0.5) is 0 Å². The molecule has 1 unspecified atom stereocenters. The maximum atomic E-state index is 13.0. The van der Waals surface area contributed by atoms with E-state index in [2.05, 4.69) is 4.98 Å². The average molecular weight is 391 g/mol. The minimum Gasteiger partial charge on any atom is -0.339 e. The number of thioether (sulfide) groups is 1. The summed E-state index contributed by atoms with van der Waals surface area (Å²) in [6.07, 6.45) is 2.68. The van der Waals surface area contributed by atoms with Gasteiger partial charge in [0.2, 0.25) is 11.8 Å². The third-order valence-corrected chi connectivity index (χ3v) is 6.92. The first-order valence-corrected chi connectivity index (χ1v) is 10.8. The first kappa shape index (κ1) is 18.5. The van der Waals surface area contributed by atoms with E-state index in [1.165, 1.54) is 11.8 Å². The van der Waals surface area contributed by atoms with Crippen LogP contribution < -0.4 is 5.56 Å². The highest BCUT2D eigenvalue weighted by atomic mass is 32.2. The summed E-state index contributed by atoms with van der Waals surface area (Å²) in [7, 11) is 0. The highest BCUT2D eigenvalue weighted by Crippen LogP contribution is 2.31. The van der Waals surface area contributed by atoms with Crippen LogP contribution in [-0.2, 0) is 22.6 Å². The lowest BCUT2D eigenvalue weighted by Gasteiger charge is -2.37. The fourth-order valence-corrected chi connectivity index (χ4v) is 5.06. The Labute approximate surface area is 163 Å². The van der Waals surface area contributed by atoms with Crippen molar-refractivity contribution in [2.75, 3.05) is 31.9 Å². The van der Waals surface area contributed by atoms with Crippen molar-refractivity contribution in [3.63, 3.8) is 0 Å². The van der Waals surface area contributed by atoms with Gasteiger partial charge in [0.1, 0.15) is 0 Å². The third kappa shape index (κ3) is 3.51. The fourth-order valence-electron chi connectivity index (χ4n) is 3.95. The van der Waals surface area contributed by atoms with E-state index in [1.54, 1.807) is 4.57 Å². The highest BCUT2D eigenvalue weighted by molar-refractivity contribution is 7.99. The molecule has 0 N–H and O–H groups in total. The number of hydrogen-bond acceptors (Lipinski definition) is 5. The summed E-state index contributed by atoms with van der Waals surface area (Å²) in [6, 6.07) is 0. The molecule has 2 fully saturated rings. The predicted molar refractivity (Wildman–Crippen MR) is 103 cm³/mol. The average Bonchev–Trinajstić information content (AvgIpc) is 3.52. The second kappa shape index (κ2) is 7.30. The Kier molecular flexibility index (Phi) is 5.01. The quantitative estimate of drug-likeness (QED) is 0.718. The molecular formula is C19H26N4O3S. The molecule has 0 aromatic carbocycles. The number of rotatable bonds is 3. The molecule has 3 aliphatic rings. The minimum absolute atomic E-state index is 0.00940. The lowest BCUT2D eigenvalue weighted by atomic mass is 10.1. The first-order chi connectivity index (χ1) is 13.0. The molecule has 1 atom stereocenters. The van der Waals surface area contributed by atoms with E-state index < -0.39 is 0 Å². The van der Waals surface area contributed by atoms with E-state index in [1.807, 2.05) is 23.6 Å². The molecule has 2 aliphatic heterocycles. The van der Waals surface area contributed by atoms with Crippen LogP contribution in [0.25, 0.3) is 0 Å². The van der Waals surface area contributed by atoms with Gasteiger partial charge in [0.15, 0.2) is 5.16 Å². The predicted octanol–water partition coefficient (Wildman–Crippen LogP) is 0.917. The molecule has 1 aromatic rings. The van der Waals surface area contributed by atoms with Gasteiger partial charge < -0.3 is 9.80 Å². The topological polar surface area (TPSA) is 75.5 Å². The van der Waals surface area contributed by atoms with Gasteiger partial charge in [-0.15, -0.1) is 0 Å². The number of carbonyl (C=O) groups is 2. The van der Waals surface area contributed by atoms with Crippen LogP contribution in [0.15, 0.2) is 9.95 Å². The Morgan fingerprint density at radius 2 is 1.67 bits per heavy atom. The van der Waals surface area contributed by atoms with Crippen LogP contribution in [0.3, 0.4) is 0 Å². The summed E-state index contributed by atoms with van der Waals surface area (Å²) in [4.78, 5) is 46.2. The van der Waals surface area contributed by atoms with Crippen LogP contribution in [0.5, 0.6) is 0 Å². The highest BCUT2D eigenvalue weighted by Gasteiger charge is 2.37. The normalized spacial score (nSPS) is 22.5. The summed E-state index contributed by atoms with van der Waals surface area (Å²) in [5, 5.41) is 0.721. The van der Waals surface area contributed by atoms with Gasteiger partial charge in [-0.3, -0.25) is 19.0 Å². The molecule has 27 heavy (non-hydrogen) atoms. The van der Waals surface area contributed by atoms with Crippen molar-refractivity contribution >= 4 is 23.6 Å². The molecule has 0 radical (unpaired) electrons. The summed E-state index contributed by atoms with van der Waals surface area (Å²) in [5.74, 6) is 1.02. The van der Waals surface area contributed by atoms with E-state index in [0.717, 1.165) is 29.3 Å². The van der Waals surface area contributed by atoms with Gasteiger partial charge >= 0.3 is 0 Å². The molecule has 4 rings (SSSR count). The van der Waals surface area contributed by atoms with Crippen molar-refractivity contribution in [3.05, 3.63) is 21.6 Å². The van der Waals surface area contributed by atoms with Gasteiger partial charge in [-0.05, 0) is 26.2 Å². The second-order valence-electron chi connectivity index (χ2n) is 7.66. The first-order valence-electron chi connectivity index (χ1n) is 9.80. The zero-order chi connectivity index (χ0) is 19.1. The van der Waals surface area contributed by atoms with E-state index in [4.69, 9.17) is 0 Å². The standard InChI is InChI=1S/C19H26N4O3S/c1-3-15-12(2)20-19-23(18(15)26)10-14(11-27-19)17(25)22-8-6-21(7-9-22)16(24)13-4-5-13/h13-14H,3-11H2,1-2H3. The maximum Gasteiger partial charge on any atom is 0.257 e. The Hall–Kier alpha value is -1.83. The van der Waals surface area contributed by atoms with Gasteiger partial charge in [0, 0.05) is 55.7 Å². The maximum absolute atomic E-state index is 13.0. The lowest BCUT2D eigenvalue weighted by Crippen LogP contribution is -2.53. The monoisotopic (exact) mass is 390 g/mol. The molecular weight excluding hydrogens is 364 g/mol. The van der Waals surface area contributed by atoms with Gasteiger partial charge in [0.05, 0.1) is 5.92 Å². The summed E-state index contributed by atoms with van der Waals surface area (Å²) in [6.45, 7) is 6.66. The molecule has 7 nitrogen and oxygen atoms in total. The summed E-state index contributed by atoms with van der Waals surface area (Å²) in [5.41, 5.74) is 1.52. The third-order valence-electron chi connectivity index (χ3n) is 5.78. The Morgan fingerprint density at radius 3 is 2.22 bits per heavy atom. The summed E-state index contributed by atoms with van der Waals surface area (Å²) >= 11 is 1.49. The zero-order valence-electron chi connectivity index (χ0n) is 15.9. The van der Waals surface area contributed by atoms with Gasteiger partial charge in [-0.2, -0.15) is 0 Å². The molecule has 3 heterocycles. The molecule has 2 amide bonds. The van der Waals surface area contributed by atoms with Crippen molar-refractivity contribution in [1.29, 1.82) is 0 Å². The SMILES string of the molecule is CCc1c(C)nc2n(c1=O)CC(C(=O)N1CCN(C(=O)C3CC3)CC1)CS2. The fraction of sp³-hybridized carbons (Fsp3) is 0.684. The largest absolute Gasteiger partial charge is 0.339 e. The molecule has 8 heteroatoms. The van der Waals surface area contributed by atoms with Crippen molar-refractivity contribution in [2.45, 2.75) is 44.8 Å². The molecule has 1 saturated carbocycles. The lowest BCUT2D eigenvalue weighted by molar-refractivity contribution is -0.142. The number of hydrogen-bond donors (Lipinski definition) is 0. The molecule has 1 saturated heterocycles. The zero-order valence-corrected chi connectivity index (χ0v) is 16.8. The van der Waals surface area contributed by atoms with Crippen molar-refractivity contribution in [1.82, 2.24) is 19.4 Å². The van der Waals surface area contributed by atoms with Crippen LogP contribution in [0.2, 0.25) is 0 Å². The number of fused-ring (bicyclic) bond motifs is 1. The molecule has 1 aromatic heterocycles. The number of amides is 2. The number of aromatic nitrogens is 2. The molecule has 1 aliphatic carbocycles. The number of carbonyl (C=O) groups excluding carboxylic acids is 2. The van der Waals surface area contributed by atoms with Gasteiger partial charge in [-0.25, -0.2) is 4.98 Å². The van der Waals surface area contributed by atoms with Crippen LogP contribution >= 0.6 is 11.8 Å². The smallest absolute Gasteiger partial charge is 0.257 e. The summed E-state index contributed by atoms with van der Waals surface area (Å²) < 4.78 is 1.68.